The second kappa shape index (κ2) is 8.05. The van der Waals surface area contributed by atoms with Crippen LogP contribution in [0.25, 0.3) is 10.2 Å². The van der Waals surface area contributed by atoms with Crippen LogP contribution in [-0.2, 0) is 11.8 Å². The first-order valence-electron chi connectivity index (χ1n) is 9.41. The van der Waals surface area contributed by atoms with Crippen LogP contribution in [-0.4, -0.2) is 17.6 Å². The van der Waals surface area contributed by atoms with Crippen molar-refractivity contribution in [2.75, 3.05) is 7.11 Å². The summed E-state index contributed by atoms with van der Waals surface area (Å²) >= 11 is 1.51. The van der Waals surface area contributed by atoms with E-state index in [2.05, 4.69) is 11.9 Å². The number of amides is 1. The number of carbonyl (C=O) groups excluding carboxylic acids is 1. The van der Waals surface area contributed by atoms with E-state index in [1.807, 2.05) is 84.4 Å². The van der Waals surface area contributed by atoms with Gasteiger partial charge in [0.05, 0.1) is 17.7 Å². The van der Waals surface area contributed by atoms with E-state index in [0.29, 0.717) is 4.80 Å². The van der Waals surface area contributed by atoms with Gasteiger partial charge in [-0.2, -0.15) is 4.99 Å². The minimum atomic E-state index is -0.439. The predicted octanol–water partition coefficient (Wildman–Crippen LogP) is 4.82. The summed E-state index contributed by atoms with van der Waals surface area (Å²) < 4.78 is 8.55. The van der Waals surface area contributed by atoms with Gasteiger partial charge < -0.3 is 9.30 Å². The molecule has 5 heteroatoms. The molecule has 0 N–H and O–H groups in total. The van der Waals surface area contributed by atoms with Crippen LogP contribution < -0.4 is 9.54 Å². The summed E-state index contributed by atoms with van der Waals surface area (Å²) in [6.07, 6.45) is 0. The second-order valence-electron chi connectivity index (χ2n) is 6.91. The molecule has 1 amide bonds. The summed E-state index contributed by atoms with van der Waals surface area (Å²) in [6.45, 7) is 2.06. The lowest BCUT2D eigenvalue weighted by Crippen LogP contribution is -2.18. The van der Waals surface area contributed by atoms with Crippen LogP contribution >= 0.6 is 11.3 Å². The zero-order valence-corrected chi connectivity index (χ0v) is 17.4. The van der Waals surface area contributed by atoms with E-state index in [1.54, 1.807) is 7.11 Å². The van der Waals surface area contributed by atoms with Gasteiger partial charge in [-0.25, -0.2) is 0 Å². The maximum absolute atomic E-state index is 13.4. The molecule has 0 atom stereocenters. The van der Waals surface area contributed by atoms with Crippen LogP contribution in [0.3, 0.4) is 0 Å². The lowest BCUT2D eigenvalue weighted by Gasteiger charge is -2.14. The number of aromatic nitrogens is 1. The second-order valence-corrected chi connectivity index (χ2v) is 7.89. The topological polar surface area (TPSA) is 43.6 Å². The van der Waals surface area contributed by atoms with Crippen LogP contribution in [0.2, 0.25) is 0 Å². The van der Waals surface area contributed by atoms with Gasteiger partial charge in [0, 0.05) is 7.05 Å². The first-order chi connectivity index (χ1) is 14.1. The number of aryl methyl sites for hydroxylation is 2. The quantitative estimate of drug-likeness (QED) is 0.491. The number of rotatable bonds is 4. The number of ether oxygens (including phenoxy) is 1. The fraction of sp³-hybridized carbons (Fsp3) is 0.167. The maximum Gasteiger partial charge on any atom is 0.260 e. The first kappa shape index (κ1) is 19.2. The predicted molar refractivity (Wildman–Crippen MR) is 117 cm³/mol. The molecule has 146 valence electrons. The summed E-state index contributed by atoms with van der Waals surface area (Å²) in [5, 5.41) is 0. The Morgan fingerprint density at radius 1 is 0.966 bits per heavy atom. The molecule has 0 spiro atoms. The van der Waals surface area contributed by atoms with Gasteiger partial charge in [-0.15, -0.1) is 0 Å². The van der Waals surface area contributed by atoms with Gasteiger partial charge in [0.25, 0.3) is 5.91 Å². The summed E-state index contributed by atoms with van der Waals surface area (Å²) in [5.74, 6) is 0.160. The third-order valence-electron chi connectivity index (χ3n) is 5.05. The fourth-order valence-corrected chi connectivity index (χ4v) is 4.66. The van der Waals surface area contributed by atoms with Gasteiger partial charge in [-0.1, -0.05) is 78.1 Å². The van der Waals surface area contributed by atoms with Gasteiger partial charge in [0.2, 0.25) is 0 Å². The average Bonchev–Trinajstić information content (AvgIpc) is 3.07. The summed E-state index contributed by atoms with van der Waals surface area (Å²) in [5.41, 5.74) is 3.97. The molecule has 0 aliphatic rings. The summed E-state index contributed by atoms with van der Waals surface area (Å²) in [7, 11) is 3.58. The molecule has 0 saturated heterocycles. The highest BCUT2D eigenvalue weighted by Crippen LogP contribution is 2.30. The molecule has 0 unspecified atom stereocenters. The van der Waals surface area contributed by atoms with Crippen LogP contribution in [0, 0.1) is 6.92 Å². The van der Waals surface area contributed by atoms with E-state index in [-0.39, 0.29) is 5.91 Å². The zero-order chi connectivity index (χ0) is 20.4. The number of methoxy groups -OCH3 is 1. The van der Waals surface area contributed by atoms with Crippen molar-refractivity contribution in [2.24, 2.45) is 12.0 Å². The normalized spacial score (nSPS) is 11.9. The van der Waals surface area contributed by atoms with E-state index in [0.717, 1.165) is 32.7 Å². The number of carbonyl (C=O) groups is 1. The molecular weight excluding hydrogens is 380 g/mol. The third kappa shape index (κ3) is 3.61. The summed E-state index contributed by atoms with van der Waals surface area (Å²) in [6, 6.07) is 23.6. The highest BCUT2D eigenvalue weighted by Gasteiger charge is 2.23. The van der Waals surface area contributed by atoms with Gasteiger partial charge in [-0.05, 0) is 29.7 Å². The Hall–Kier alpha value is -3.18. The molecule has 29 heavy (non-hydrogen) atoms. The molecule has 0 aliphatic heterocycles. The van der Waals surface area contributed by atoms with Crippen molar-refractivity contribution in [3.8, 4) is 5.75 Å². The molecular formula is C24H22N2O2S. The van der Waals surface area contributed by atoms with Crippen LogP contribution in [0.4, 0.5) is 0 Å². The minimum Gasteiger partial charge on any atom is -0.495 e. The molecule has 1 aromatic heterocycles. The van der Waals surface area contributed by atoms with E-state index in [4.69, 9.17) is 4.74 Å². The van der Waals surface area contributed by atoms with E-state index in [1.165, 1.54) is 11.3 Å². The Morgan fingerprint density at radius 2 is 1.55 bits per heavy atom. The lowest BCUT2D eigenvalue weighted by molar-refractivity contribution is -0.118. The van der Waals surface area contributed by atoms with Crippen molar-refractivity contribution in [1.29, 1.82) is 0 Å². The van der Waals surface area contributed by atoms with Crippen molar-refractivity contribution in [3.05, 3.63) is 94.3 Å². The van der Waals surface area contributed by atoms with Crippen molar-refractivity contribution in [1.82, 2.24) is 4.57 Å². The van der Waals surface area contributed by atoms with Crippen LogP contribution in [0.5, 0.6) is 5.75 Å². The average molecular weight is 403 g/mol. The third-order valence-corrected chi connectivity index (χ3v) is 6.31. The zero-order valence-electron chi connectivity index (χ0n) is 16.6. The number of hydrogen-bond donors (Lipinski definition) is 0. The van der Waals surface area contributed by atoms with Crippen LogP contribution in [0.15, 0.2) is 77.8 Å². The molecule has 0 radical (unpaired) electrons. The molecule has 0 saturated carbocycles. The molecule has 0 aliphatic carbocycles. The van der Waals surface area contributed by atoms with E-state index in [9.17, 15) is 4.79 Å². The van der Waals surface area contributed by atoms with Crippen LogP contribution in [0.1, 0.15) is 22.6 Å². The standard InChI is InChI=1S/C24H22N2O2S/c1-16-14-15-19(28-3)21-22(16)29-24(26(21)2)25-23(27)20(17-10-6-4-7-11-17)18-12-8-5-9-13-18/h4-15,20H,1-3H3. The molecule has 1 heterocycles. The number of benzene rings is 3. The van der Waals surface area contributed by atoms with Crippen molar-refractivity contribution in [3.63, 3.8) is 0 Å². The molecule has 4 nitrogen and oxygen atoms in total. The molecule has 4 rings (SSSR count). The molecule has 3 aromatic carbocycles. The number of thiazole rings is 1. The smallest absolute Gasteiger partial charge is 0.260 e. The SMILES string of the molecule is COc1ccc(C)c2sc(=NC(=O)C(c3ccccc3)c3ccccc3)n(C)c12. The van der Waals surface area contributed by atoms with Crippen molar-refractivity contribution >= 4 is 27.5 Å². The Labute approximate surface area is 173 Å². The van der Waals surface area contributed by atoms with Gasteiger partial charge in [0.15, 0.2) is 4.80 Å². The minimum absolute atomic E-state index is 0.179. The van der Waals surface area contributed by atoms with Gasteiger partial charge in [0.1, 0.15) is 11.3 Å². The maximum atomic E-state index is 13.4. The highest BCUT2D eigenvalue weighted by molar-refractivity contribution is 7.16. The van der Waals surface area contributed by atoms with Gasteiger partial charge in [-0.3, -0.25) is 4.79 Å². The lowest BCUT2D eigenvalue weighted by atomic mass is 9.91. The number of fused-ring (bicyclic) bond motifs is 1. The Balaban J connectivity index is 1.87. The van der Waals surface area contributed by atoms with E-state index < -0.39 is 5.92 Å². The summed E-state index contributed by atoms with van der Waals surface area (Å²) in [4.78, 5) is 18.6. The molecule has 4 aromatic rings. The van der Waals surface area contributed by atoms with Crippen molar-refractivity contribution in [2.45, 2.75) is 12.8 Å². The Kier molecular flexibility index (Phi) is 5.32. The Bertz CT molecular complexity index is 1180. The molecule has 0 bridgehead atoms. The highest BCUT2D eigenvalue weighted by atomic mass is 32.1. The largest absolute Gasteiger partial charge is 0.495 e. The van der Waals surface area contributed by atoms with Crippen molar-refractivity contribution < 1.29 is 9.53 Å². The monoisotopic (exact) mass is 402 g/mol. The molecule has 0 fully saturated rings. The Morgan fingerprint density at radius 3 is 2.10 bits per heavy atom. The van der Waals surface area contributed by atoms with Gasteiger partial charge >= 0.3 is 0 Å². The fourth-order valence-electron chi connectivity index (χ4n) is 3.55. The number of nitrogens with zero attached hydrogens (tertiary/aromatic N) is 2. The first-order valence-corrected chi connectivity index (χ1v) is 10.2. The number of hydrogen-bond acceptors (Lipinski definition) is 3. The van der Waals surface area contributed by atoms with E-state index >= 15 is 0 Å².